The maximum Gasteiger partial charge on any atom is 0.193 e. The molecule has 6 heteroatoms. The second-order valence-electron chi connectivity index (χ2n) is 7.92. The summed E-state index contributed by atoms with van der Waals surface area (Å²) in [4.78, 5) is 8.86. The number of benzene rings is 2. The number of guanidine groups is 1. The standard InChI is InChI=1S/C24H28F2N4/c1-27-24(29-13-10-20(11-14-29)19-5-3-2-4-6-19)28-16-18-9-12-30(17-18)21-7-8-22(25)23(26)15-21/h2-8,10,15,18H,9,11-14,16-17H2,1H3,(H,27,28). The predicted octanol–water partition coefficient (Wildman–Crippen LogP) is 4.16. The molecule has 0 aliphatic carbocycles. The smallest absolute Gasteiger partial charge is 0.193 e. The van der Waals surface area contributed by atoms with E-state index in [1.54, 1.807) is 6.07 Å². The molecule has 2 aromatic carbocycles. The Balaban J connectivity index is 1.29. The summed E-state index contributed by atoms with van der Waals surface area (Å²) < 4.78 is 26.7. The lowest BCUT2D eigenvalue weighted by atomic mass is 10.00. The molecule has 1 saturated heterocycles. The Hall–Kier alpha value is -2.89. The Morgan fingerprint density at radius 3 is 2.63 bits per heavy atom. The molecular formula is C24H28F2N4. The highest BCUT2D eigenvalue weighted by atomic mass is 19.2. The predicted molar refractivity (Wildman–Crippen MR) is 119 cm³/mol. The second-order valence-corrected chi connectivity index (χ2v) is 7.92. The number of nitrogens with one attached hydrogen (secondary N) is 1. The van der Waals surface area contributed by atoms with Gasteiger partial charge in [-0.05, 0) is 42.0 Å². The van der Waals surface area contributed by atoms with Gasteiger partial charge in [0.15, 0.2) is 17.6 Å². The van der Waals surface area contributed by atoms with Gasteiger partial charge in [0, 0.05) is 51.5 Å². The van der Waals surface area contributed by atoms with Crippen molar-refractivity contribution in [3.05, 3.63) is 71.8 Å². The zero-order valence-electron chi connectivity index (χ0n) is 17.3. The highest BCUT2D eigenvalue weighted by molar-refractivity contribution is 5.81. The third-order valence-electron chi connectivity index (χ3n) is 5.97. The van der Waals surface area contributed by atoms with E-state index < -0.39 is 11.6 Å². The van der Waals surface area contributed by atoms with Gasteiger partial charge in [0.25, 0.3) is 0 Å². The van der Waals surface area contributed by atoms with Gasteiger partial charge in [-0.1, -0.05) is 36.4 Å². The minimum Gasteiger partial charge on any atom is -0.371 e. The lowest BCUT2D eigenvalue weighted by Gasteiger charge is -2.30. The molecule has 2 aromatic rings. The monoisotopic (exact) mass is 410 g/mol. The van der Waals surface area contributed by atoms with E-state index >= 15 is 0 Å². The summed E-state index contributed by atoms with van der Waals surface area (Å²) in [6, 6.07) is 14.7. The molecule has 30 heavy (non-hydrogen) atoms. The van der Waals surface area contributed by atoms with Crippen molar-refractivity contribution in [2.75, 3.05) is 44.7 Å². The first-order valence-corrected chi connectivity index (χ1v) is 10.5. The molecule has 2 aliphatic rings. The Kier molecular flexibility index (Phi) is 6.31. The van der Waals surface area contributed by atoms with Crippen LogP contribution < -0.4 is 10.2 Å². The van der Waals surface area contributed by atoms with Crippen molar-refractivity contribution in [3.8, 4) is 0 Å². The summed E-state index contributed by atoms with van der Waals surface area (Å²) in [5.74, 6) is -0.229. The Morgan fingerprint density at radius 1 is 1.10 bits per heavy atom. The lowest BCUT2D eigenvalue weighted by molar-refractivity contribution is 0.431. The molecule has 1 unspecified atom stereocenters. The van der Waals surface area contributed by atoms with Crippen LogP contribution in [0.2, 0.25) is 0 Å². The van der Waals surface area contributed by atoms with Crippen molar-refractivity contribution in [2.45, 2.75) is 12.8 Å². The normalized spacial score (nSPS) is 19.8. The number of hydrogen-bond acceptors (Lipinski definition) is 2. The number of rotatable bonds is 4. The Bertz CT molecular complexity index is 926. The SMILES string of the molecule is CN=C(NCC1CCN(c2ccc(F)c(F)c2)C1)N1CC=C(c2ccccc2)CC1. The molecule has 2 heterocycles. The summed E-state index contributed by atoms with van der Waals surface area (Å²) in [7, 11) is 1.82. The zero-order chi connectivity index (χ0) is 20.9. The van der Waals surface area contributed by atoms with Crippen molar-refractivity contribution in [1.82, 2.24) is 10.2 Å². The first-order chi connectivity index (χ1) is 14.6. The third-order valence-corrected chi connectivity index (χ3v) is 5.97. The quantitative estimate of drug-likeness (QED) is 0.607. The molecule has 4 rings (SSSR count). The molecule has 1 fully saturated rings. The van der Waals surface area contributed by atoms with Crippen molar-refractivity contribution >= 4 is 17.2 Å². The summed E-state index contributed by atoms with van der Waals surface area (Å²) in [6.45, 7) is 4.27. The molecule has 2 aliphatic heterocycles. The molecule has 1 N–H and O–H groups in total. The zero-order valence-corrected chi connectivity index (χ0v) is 17.3. The topological polar surface area (TPSA) is 30.9 Å². The molecule has 1 atom stereocenters. The summed E-state index contributed by atoms with van der Waals surface area (Å²) in [6.07, 6.45) is 4.30. The molecule has 4 nitrogen and oxygen atoms in total. The van der Waals surface area contributed by atoms with Gasteiger partial charge in [-0.3, -0.25) is 4.99 Å². The van der Waals surface area contributed by atoms with Gasteiger partial charge in [0.05, 0.1) is 0 Å². The van der Waals surface area contributed by atoms with Crippen LogP contribution in [0.4, 0.5) is 14.5 Å². The van der Waals surface area contributed by atoms with Gasteiger partial charge in [-0.25, -0.2) is 8.78 Å². The van der Waals surface area contributed by atoms with Gasteiger partial charge in [-0.2, -0.15) is 0 Å². The first kappa shape index (κ1) is 20.4. The number of halogens is 2. The largest absolute Gasteiger partial charge is 0.371 e. The van der Waals surface area contributed by atoms with E-state index in [1.165, 1.54) is 23.3 Å². The highest BCUT2D eigenvalue weighted by Crippen LogP contribution is 2.25. The summed E-state index contributed by atoms with van der Waals surface area (Å²) in [5.41, 5.74) is 3.43. The van der Waals surface area contributed by atoms with Crippen molar-refractivity contribution in [1.29, 1.82) is 0 Å². The fraction of sp³-hybridized carbons (Fsp3) is 0.375. The fourth-order valence-electron chi connectivity index (χ4n) is 4.26. The van der Waals surface area contributed by atoms with Crippen molar-refractivity contribution in [2.24, 2.45) is 10.9 Å². The number of aliphatic imine (C=N–C) groups is 1. The van der Waals surface area contributed by atoms with Crippen LogP contribution in [-0.4, -0.2) is 50.6 Å². The van der Waals surface area contributed by atoms with Gasteiger partial charge >= 0.3 is 0 Å². The number of nitrogens with zero attached hydrogens (tertiary/aromatic N) is 3. The highest BCUT2D eigenvalue weighted by Gasteiger charge is 2.24. The lowest BCUT2D eigenvalue weighted by Crippen LogP contribution is -2.45. The van der Waals surface area contributed by atoms with E-state index in [0.717, 1.165) is 57.2 Å². The van der Waals surface area contributed by atoms with E-state index in [2.05, 4.69) is 50.5 Å². The molecule has 0 radical (unpaired) electrons. The maximum atomic E-state index is 13.5. The van der Waals surface area contributed by atoms with E-state index in [-0.39, 0.29) is 0 Å². The van der Waals surface area contributed by atoms with Crippen LogP contribution in [-0.2, 0) is 0 Å². The van der Waals surface area contributed by atoms with Crippen LogP contribution in [0.1, 0.15) is 18.4 Å². The minimum atomic E-state index is -0.800. The van der Waals surface area contributed by atoms with E-state index in [9.17, 15) is 8.78 Å². The molecule has 0 saturated carbocycles. The van der Waals surface area contributed by atoms with Crippen LogP contribution in [0.25, 0.3) is 5.57 Å². The maximum absolute atomic E-state index is 13.5. The minimum absolute atomic E-state index is 0.440. The Morgan fingerprint density at radius 2 is 1.93 bits per heavy atom. The Labute approximate surface area is 176 Å². The molecule has 0 spiro atoms. The van der Waals surface area contributed by atoms with E-state index in [0.29, 0.717) is 5.92 Å². The summed E-state index contributed by atoms with van der Waals surface area (Å²) in [5, 5.41) is 3.51. The van der Waals surface area contributed by atoms with Gasteiger partial charge in [-0.15, -0.1) is 0 Å². The van der Waals surface area contributed by atoms with Crippen LogP contribution >= 0.6 is 0 Å². The molecule has 0 amide bonds. The van der Waals surface area contributed by atoms with Crippen LogP contribution in [0.5, 0.6) is 0 Å². The number of hydrogen-bond donors (Lipinski definition) is 1. The van der Waals surface area contributed by atoms with Gasteiger partial charge < -0.3 is 15.1 Å². The van der Waals surface area contributed by atoms with Crippen molar-refractivity contribution < 1.29 is 8.78 Å². The summed E-state index contributed by atoms with van der Waals surface area (Å²) >= 11 is 0. The van der Waals surface area contributed by atoms with Crippen LogP contribution in [0, 0.1) is 17.6 Å². The molecule has 0 bridgehead atoms. The van der Waals surface area contributed by atoms with Crippen molar-refractivity contribution in [3.63, 3.8) is 0 Å². The van der Waals surface area contributed by atoms with E-state index in [4.69, 9.17) is 0 Å². The van der Waals surface area contributed by atoms with Crippen LogP contribution in [0.3, 0.4) is 0 Å². The third kappa shape index (κ3) is 4.64. The number of anilines is 1. The molecule has 158 valence electrons. The van der Waals surface area contributed by atoms with Gasteiger partial charge in [0.2, 0.25) is 0 Å². The average Bonchev–Trinajstić information content (AvgIpc) is 3.26. The fourth-order valence-corrected chi connectivity index (χ4v) is 4.26. The second kappa shape index (κ2) is 9.28. The average molecular weight is 411 g/mol. The molecular weight excluding hydrogens is 382 g/mol. The van der Waals surface area contributed by atoms with Crippen LogP contribution in [0.15, 0.2) is 59.6 Å². The van der Waals surface area contributed by atoms with Gasteiger partial charge in [0.1, 0.15) is 0 Å². The molecule has 0 aromatic heterocycles. The first-order valence-electron chi connectivity index (χ1n) is 10.5. The van der Waals surface area contributed by atoms with E-state index in [1.807, 2.05) is 13.1 Å².